The Bertz CT molecular complexity index is 408. The fraction of sp³-hybridized carbons (Fsp3) is 0.667. The van der Waals surface area contributed by atoms with Crippen molar-refractivity contribution >= 4 is 17.2 Å². The van der Waals surface area contributed by atoms with E-state index in [0.717, 1.165) is 30.7 Å². The van der Waals surface area contributed by atoms with Crippen LogP contribution in [0.3, 0.4) is 0 Å². The number of hydrogen-bond acceptors (Lipinski definition) is 5. The normalized spacial score (nSPS) is 23.9. The molecule has 2 unspecified atom stereocenters. The number of carbonyl (C=O) groups excluding carboxylic acids is 1. The molecule has 4 N–H and O–H groups in total. The molecule has 1 aromatic rings. The molecule has 5 nitrogen and oxygen atoms in total. The second kappa shape index (κ2) is 6.26. The van der Waals surface area contributed by atoms with Crippen molar-refractivity contribution in [3.05, 3.63) is 16.1 Å². The van der Waals surface area contributed by atoms with Crippen LogP contribution in [0.4, 0.5) is 0 Å². The van der Waals surface area contributed by atoms with E-state index < -0.39 is 6.10 Å². The minimum atomic E-state index is -0.426. The van der Waals surface area contributed by atoms with Crippen molar-refractivity contribution in [1.82, 2.24) is 10.3 Å². The van der Waals surface area contributed by atoms with Gasteiger partial charge in [-0.2, -0.15) is 0 Å². The van der Waals surface area contributed by atoms with Gasteiger partial charge in [-0.05, 0) is 19.4 Å². The molecule has 1 aliphatic carbocycles. The van der Waals surface area contributed by atoms with Crippen LogP contribution in [-0.4, -0.2) is 34.7 Å². The first-order chi connectivity index (χ1) is 8.70. The molecule has 0 aliphatic heterocycles. The van der Waals surface area contributed by atoms with Gasteiger partial charge in [-0.25, -0.2) is 4.98 Å². The average molecular weight is 269 g/mol. The zero-order valence-corrected chi connectivity index (χ0v) is 11.1. The van der Waals surface area contributed by atoms with Crippen molar-refractivity contribution in [2.24, 2.45) is 5.73 Å². The van der Waals surface area contributed by atoms with Gasteiger partial charge in [0, 0.05) is 11.8 Å². The van der Waals surface area contributed by atoms with E-state index in [1.807, 2.05) is 0 Å². The summed E-state index contributed by atoms with van der Waals surface area (Å²) >= 11 is 1.45. The molecule has 6 heteroatoms. The Morgan fingerprint density at radius 2 is 2.33 bits per heavy atom. The number of aromatic nitrogens is 1. The second-order valence-corrected chi connectivity index (χ2v) is 5.54. The summed E-state index contributed by atoms with van der Waals surface area (Å²) in [6.07, 6.45) is 3.96. The average Bonchev–Trinajstić information content (AvgIpc) is 2.81. The first-order valence-corrected chi connectivity index (χ1v) is 7.22. The number of thiazole rings is 1. The number of nitrogens with two attached hydrogens (primary N) is 1. The largest absolute Gasteiger partial charge is 0.391 e. The molecule has 0 saturated heterocycles. The molecule has 0 spiro atoms. The zero-order valence-electron chi connectivity index (χ0n) is 10.3. The van der Waals surface area contributed by atoms with Gasteiger partial charge in [-0.15, -0.1) is 11.3 Å². The quantitative estimate of drug-likeness (QED) is 0.750. The SMILES string of the molecule is NCCc1nc(C(=O)NC2CCCCC2O)cs1. The smallest absolute Gasteiger partial charge is 0.271 e. The van der Waals surface area contributed by atoms with E-state index in [-0.39, 0.29) is 11.9 Å². The fourth-order valence-electron chi connectivity index (χ4n) is 2.18. The van der Waals surface area contributed by atoms with E-state index in [2.05, 4.69) is 10.3 Å². The second-order valence-electron chi connectivity index (χ2n) is 4.60. The highest BCUT2D eigenvalue weighted by molar-refractivity contribution is 7.09. The van der Waals surface area contributed by atoms with Gasteiger partial charge >= 0.3 is 0 Å². The number of aliphatic hydroxyl groups excluding tert-OH is 1. The molecule has 1 amide bonds. The lowest BCUT2D eigenvalue weighted by Crippen LogP contribution is -2.45. The topological polar surface area (TPSA) is 88.2 Å². The lowest BCUT2D eigenvalue weighted by atomic mass is 9.92. The van der Waals surface area contributed by atoms with Crippen LogP contribution >= 0.6 is 11.3 Å². The molecule has 2 atom stereocenters. The van der Waals surface area contributed by atoms with E-state index in [4.69, 9.17) is 5.73 Å². The molecule has 1 fully saturated rings. The predicted molar refractivity (Wildman–Crippen MR) is 70.6 cm³/mol. The van der Waals surface area contributed by atoms with Gasteiger partial charge in [0.1, 0.15) is 5.69 Å². The van der Waals surface area contributed by atoms with Gasteiger partial charge in [0.25, 0.3) is 5.91 Å². The van der Waals surface area contributed by atoms with Crippen molar-refractivity contribution < 1.29 is 9.90 Å². The van der Waals surface area contributed by atoms with E-state index in [1.165, 1.54) is 11.3 Å². The number of rotatable bonds is 4. The maximum atomic E-state index is 12.0. The van der Waals surface area contributed by atoms with Gasteiger partial charge in [-0.1, -0.05) is 12.8 Å². The van der Waals surface area contributed by atoms with Gasteiger partial charge in [0.15, 0.2) is 0 Å². The monoisotopic (exact) mass is 269 g/mol. The number of nitrogens with zero attached hydrogens (tertiary/aromatic N) is 1. The number of aliphatic hydroxyl groups is 1. The number of amides is 1. The molecule has 1 aliphatic rings. The highest BCUT2D eigenvalue weighted by atomic mass is 32.1. The minimum absolute atomic E-state index is 0.133. The van der Waals surface area contributed by atoms with Gasteiger partial charge in [0.2, 0.25) is 0 Å². The van der Waals surface area contributed by atoms with E-state index >= 15 is 0 Å². The van der Waals surface area contributed by atoms with Gasteiger partial charge < -0.3 is 16.2 Å². The number of hydrogen-bond donors (Lipinski definition) is 3. The third-order valence-corrected chi connectivity index (χ3v) is 4.10. The van der Waals surface area contributed by atoms with Crippen molar-refractivity contribution in [2.75, 3.05) is 6.54 Å². The van der Waals surface area contributed by atoms with Crippen LogP contribution in [-0.2, 0) is 6.42 Å². The van der Waals surface area contributed by atoms with Crippen LogP contribution in [0.15, 0.2) is 5.38 Å². The highest BCUT2D eigenvalue weighted by Crippen LogP contribution is 2.19. The fourth-order valence-corrected chi connectivity index (χ4v) is 2.97. The maximum Gasteiger partial charge on any atom is 0.271 e. The van der Waals surface area contributed by atoms with E-state index in [9.17, 15) is 9.90 Å². The maximum absolute atomic E-state index is 12.0. The summed E-state index contributed by atoms with van der Waals surface area (Å²) in [5.74, 6) is -0.194. The molecular weight excluding hydrogens is 250 g/mol. The van der Waals surface area contributed by atoms with Crippen molar-refractivity contribution in [1.29, 1.82) is 0 Å². The molecule has 0 bridgehead atoms. The summed E-state index contributed by atoms with van der Waals surface area (Å²) in [4.78, 5) is 16.2. The summed E-state index contributed by atoms with van der Waals surface area (Å²) < 4.78 is 0. The lowest BCUT2D eigenvalue weighted by Gasteiger charge is -2.27. The van der Waals surface area contributed by atoms with Crippen LogP contribution in [0, 0.1) is 0 Å². The summed E-state index contributed by atoms with van der Waals surface area (Å²) in [5.41, 5.74) is 5.88. The van der Waals surface area contributed by atoms with Crippen LogP contribution in [0.2, 0.25) is 0 Å². The van der Waals surface area contributed by atoms with Gasteiger partial charge in [-0.3, -0.25) is 4.79 Å². The molecule has 0 radical (unpaired) electrons. The third kappa shape index (κ3) is 3.28. The van der Waals surface area contributed by atoms with Crippen LogP contribution < -0.4 is 11.1 Å². The summed E-state index contributed by atoms with van der Waals surface area (Å²) in [5, 5.41) is 15.3. The Kier molecular flexibility index (Phi) is 4.68. The summed E-state index contributed by atoms with van der Waals surface area (Å²) in [6.45, 7) is 0.538. The predicted octanol–water partition coefficient (Wildman–Crippen LogP) is 0.678. The molecule has 1 aromatic heterocycles. The van der Waals surface area contributed by atoms with Crippen LogP contribution in [0.1, 0.15) is 41.2 Å². The van der Waals surface area contributed by atoms with Crippen LogP contribution in [0.25, 0.3) is 0 Å². The van der Waals surface area contributed by atoms with Crippen molar-refractivity contribution in [3.63, 3.8) is 0 Å². The Balaban J connectivity index is 1.93. The Morgan fingerprint density at radius 3 is 3.06 bits per heavy atom. The Labute approximate surface area is 110 Å². The first kappa shape index (κ1) is 13.5. The molecule has 18 heavy (non-hydrogen) atoms. The van der Waals surface area contributed by atoms with Crippen molar-refractivity contribution in [2.45, 2.75) is 44.2 Å². The van der Waals surface area contributed by atoms with E-state index in [0.29, 0.717) is 18.7 Å². The Hall–Kier alpha value is -0.980. The highest BCUT2D eigenvalue weighted by Gasteiger charge is 2.25. The molecule has 100 valence electrons. The Morgan fingerprint density at radius 1 is 1.56 bits per heavy atom. The molecule has 1 saturated carbocycles. The molecule has 1 heterocycles. The molecule has 0 aromatic carbocycles. The zero-order chi connectivity index (χ0) is 13.0. The number of nitrogens with one attached hydrogen (secondary N) is 1. The molecular formula is C12H19N3O2S. The van der Waals surface area contributed by atoms with Crippen molar-refractivity contribution in [3.8, 4) is 0 Å². The minimum Gasteiger partial charge on any atom is -0.391 e. The number of carbonyl (C=O) groups is 1. The van der Waals surface area contributed by atoms with Gasteiger partial charge in [0.05, 0.1) is 17.2 Å². The third-order valence-electron chi connectivity index (χ3n) is 3.19. The first-order valence-electron chi connectivity index (χ1n) is 6.34. The summed E-state index contributed by atoms with van der Waals surface area (Å²) in [6, 6.07) is -0.133. The van der Waals surface area contributed by atoms with Crippen LogP contribution in [0.5, 0.6) is 0 Å². The molecule has 2 rings (SSSR count). The lowest BCUT2D eigenvalue weighted by molar-refractivity contribution is 0.0714. The standard InChI is InChI=1S/C12H19N3O2S/c13-6-5-11-14-9(7-18-11)12(17)15-8-3-1-2-4-10(8)16/h7-8,10,16H,1-6,13H2,(H,15,17). The summed E-state index contributed by atoms with van der Waals surface area (Å²) in [7, 11) is 0. The van der Waals surface area contributed by atoms with E-state index in [1.54, 1.807) is 5.38 Å².